The Balaban J connectivity index is 2.43. The van der Waals surface area contributed by atoms with Crippen LogP contribution in [0, 0.1) is 13.8 Å². The van der Waals surface area contributed by atoms with Gasteiger partial charge in [0.2, 0.25) is 11.8 Å². The second kappa shape index (κ2) is 4.68. The molecule has 0 fully saturated rings. The van der Waals surface area contributed by atoms with E-state index >= 15 is 0 Å². The van der Waals surface area contributed by atoms with Crippen molar-refractivity contribution in [2.24, 2.45) is 0 Å². The molecule has 5 nitrogen and oxygen atoms in total. The van der Waals surface area contributed by atoms with E-state index < -0.39 is 5.97 Å². The molecule has 0 atom stereocenters. The van der Waals surface area contributed by atoms with Gasteiger partial charge in [0.1, 0.15) is 5.75 Å². The van der Waals surface area contributed by atoms with Crippen LogP contribution in [-0.4, -0.2) is 20.7 Å². The number of hydrogen-bond donors (Lipinski definition) is 2. The minimum Gasteiger partial charge on any atom is -0.494 e. The predicted molar refractivity (Wildman–Crippen MR) is 69.9 cm³/mol. The van der Waals surface area contributed by atoms with E-state index in [2.05, 4.69) is 0 Å². The summed E-state index contributed by atoms with van der Waals surface area (Å²) in [7, 11) is 0. The summed E-state index contributed by atoms with van der Waals surface area (Å²) in [5.41, 5.74) is 1.84. The Morgan fingerprint density at radius 2 is 1.53 bits per heavy atom. The standard InChI is InChI=1S/C14H15NO4/c1-8-9(2)14(18)15(13(8)17)11-4-6-12(7-5-11)19-10(3)16/h4-7,17-18H,1-3H3. The number of ether oxygens (including phenoxy) is 1. The molecule has 0 unspecified atom stereocenters. The fourth-order valence-corrected chi connectivity index (χ4v) is 1.84. The van der Waals surface area contributed by atoms with Crippen LogP contribution in [0.3, 0.4) is 0 Å². The molecule has 5 heteroatoms. The van der Waals surface area contributed by atoms with Gasteiger partial charge in [-0.3, -0.25) is 9.36 Å². The van der Waals surface area contributed by atoms with Crippen LogP contribution in [-0.2, 0) is 4.79 Å². The third kappa shape index (κ3) is 2.27. The van der Waals surface area contributed by atoms with E-state index in [0.29, 0.717) is 22.6 Å². The summed E-state index contributed by atoms with van der Waals surface area (Å²) >= 11 is 0. The lowest BCUT2D eigenvalue weighted by Crippen LogP contribution is -2.01. The first kappa shape index (κ1) is 13.0. The Hall–Kier alpha value is -2.43. The number of carbonyl (C=O) groups excluding carboxylic acids is 1. The van der Waals surface area contributed by atoms with Crippen molar-refractivity contribution in [3.8, 4) is 23.2 Å². The van der Waals surface area contributed by atoms with Crippen molar-refractivity contribution in [3.63, 3.8) is 0 Å². The maximum Gasteiger partial charge on any atom is 0.308 e. The van der Waals surface area contributed by atoms with E-state index in [4.69, 9.17) is 4.74 Å². The monoisotopic (exact) mass is 261 g/mol. The molecule has 0 saturated heterocycles. The molecule has 19 heavy (non-hydrogen) atoms. The molecule has 1 heterocycles. The van der Waals surface area contributed by atoms with Crippen LogP contribution in [0.2, 0.25) is 0 Å². The first-order chi connectivity index (χ1) is 8.91. The molecule has 0 spiro atoms. The molecular weight excluding hydrogens is 246 g/mol. The molecule has 0 aliphatic carbocycles. The molecule has 0 radical (unpaired) electrons. The number of aromatic hydroxyl groups is 2. The number of nitrogens with zero attached hydrogens (tertiary/aromatic N) is 1. The molecule has 0 aliphatic rings. The van der Waals surface area contributed by atoms with E-state index in [0.717, 1.165) is 0 Å². The number of rotatable bonds is 2. The first-order valence-electron chi connectivity index (χ1n) is 5.80. The molecule has 2 N–H and O–H groups in total. The van der Waals surface area contributed by atoms with Crippen molar-refractivity contribution in [1.29, 1.82) is 0 Å². The zero-order valence-electron chi connectivity index (χ0n) is 11.0. The Morgan fingerprint density at radius 3 is 1.95 bits per heavy atom. The maximum absolute atomic E-state index is 10.8. The fourth-order valence-electron chi connectivity index (χ4n) is 1.84. The van der Waals surface area contributed by atoms with Gasteiger partial charge in [-0.25, -0.2) is 0 Å². The number of hydrogen-bond acceptors (Lipinski definition) is 4. The first-order valence-corrected chi connectivity index (χ1v) is 5.80. The highest BCUT2D eigenvalue weighted by atomic mass is 16.5. The molecule has 0 bridgehead atoms. The smallest absolute Gasteiger partial charge is 0.308 e. The van der Waals surface area contributed by atoms with Crippen LogP contribution in [0.25, 0.3) is 5.69 Å². The molecule has 1 aromatic heterocycles. The quantitative estimate of drug-likeness (QED) is 0.643. The van der Waals surface area contributed by atoms with E-state index in [1.807, 2.05) is 0 Å². The molecule has 2 rings (SSSR count). The lowest BCUT2D eigenvalue weighted by Gasteiger charge is -2.08. The number of carbonyl (C=O) groups is 1. The van der Waals surface area contributed by atoms with Gasteiger partial charge in [-0.15, -0.1) is 0 Å². The van der Waals surface area contributed by atoms with Gasteiger partial charge in [0.05, 0.1) is 5.69 Å². The third-order valence-electron chi connectivity index (χ3n) is 3.01. The predicted octanol–water partition coefficient (Wildman–Crippen LogP) is 2.43. The van der Waals surface area contributed by atoms with Crippen LogP contribution in [0.1, 0.15) is 18.1 Å². The number of esters is 1. The van der Waals surface area contributed by atoms with Crippen molar-refractivity contribution >= 4 is 5.97 Å². The van der Waals surface area contributed by atoms with E-state index in [1.165, 1.54) is 11.5 Å². The molecule has 0 aliphatic heterocycles. The van der Waals surface area contributed by atoms with Crippen molar-refractivity contribution in [2.75, 3.05) is 0 Å². The molecular formula is C14H15NO4. The largest absolute Gasteiger partial charge is 0.494 e. The number of benzene rings is 1. The van der Waals surface area contributed by atoms with Gasteiger partial charge >= 0.3 is 5.97 Å². The van der Waals surface area contributed by atoms with Gasteiger partial charge in [-0.05, 0) is 38.1 Å². The lowest BCUT2D eigenvalue weighted by atomic mass is 10.2. The summed E-state index contributed by atoms with van der Waals surface area (Å²) in [6, 6.07) is 6.49. The van der Waals surface area contributed by atoms with E-state index in [1.54, 1.807) is 38.1 Å². The van der Waals surface area contributed by atoms with Gasteiger partial charge in [0, 0.05) is 18.1 Å². The van der Waals surface area contributed by atoms with Gasteiger partial charge in [-0.2, -0.15) is 0 Å². The summed E-state index contributed by atoms with van der Waals surface area (Å²) in [5, 5.41) is 20.0. The minimum atomic E-state index is -0.397. The van der Waals surface area contributed by atoms with Crippen LogP contribution in [0.15, 0.2) is 24.3 Å². The summed E-state index contributed by atoms with van der Waals surface area (Å²) in [6.07, 6.45) is 0. The van der Waals surface area contributed by atoms with Crippen LogP contribution >= 0.6 is 0 Å². The minimum absolute atomic E-state index is 0.00441. The zero-order chi connectivity index (χ0) is 14.2. The van der Waals surface area contributed by atoms with Gasteiger partial charge in [0.15, 0.2) is 0 Å². The highest BCUT2D eigenvalue weighted by Gasteiger charge is 2.17. The molecule has 1 aromatic carbocycles. The maximum atomic E-state index is 10.8. The van der Waals surface area contributed by atoms with Crippen molar-refractivity contribution in [2.45, 2.75) is 20.8 Å². The van der Waals surface area contributed by atoms with Crippen molar-refractivity contribution in [3.05, 3.63) is 35.4 Å². The van der Waals surface area contributed by atoms with Crippen LogP contribution in [0.4, 0.5) is 0 Å². The SMILES string of the molecule is CC(=O)Oc1ccc(-n2c(O)c(C)c(C)c2O)cc1. The molecule has 0 amide bonds. The highest BCUT2D eigenvalue weighted by molar-refractivity contribution is 5.69. The Labute approximate surface area is 110 Å². The van der Waals surface area contributed by atoms with Gasteiger partial charge in [0.25, 0.3) is 0 Å². The van der Waals surface area contributed by atoms with Crippen molar-refractivity contribution in [1.82, 2.24) is 4.57 Å². The summed E-state index contributed by atoms with van der Waals surface area (Å²) < 4.78 is 6.26. The fraction of sp³-hybridized carbons (Fsp3) is 0.214. The van der Waals surface area contributed by atoms with E-state index in [-0.39, 0.29) is 11.8 Å². The Kier molecular flexibility index (Phi) is 3.21. The second-order valence-electron chi connectivity index (χ2n) is 4.32. The lowest BCUT2D eigenvalue weighted by molar-refractivity contribution is -0.131. The normalized spacial score (nSPS) is 10.5. The van der Waals surface area contributed by atoms with Crippen LogP contribution in [0.5, 0.6) is 17.5 Å². The van der Waals surface area contributed by atoms with Crippen molar-refractivity contribution < 1.29 is 19.7 Å². The Bertz CT molecular complexity index is 600. The van der Waals surface area contributed by atoms with Crippen LogP contribution < -0.4 is 4.74 Å². The summed E-state index contributed by atoms with van der Waals surface area (Å²) in [5.74, 6) is 0.00685. The summed E-state index contributed by atoms with van der Waals surface area (Å²) in [6.45, 7) is 4.78. The topological polar surface area (TPSA) is 71.7 Å². The second-order valence-corrected chi connectivity index (χ2v) is 4.32. The zero-order valence-corrected chi connectivity index (χ0v) is 11.0. The number of aromatic nitrogens is 1. The summed E-state index contributed by atoms with van der Waals surface area (Å²) in [4.78, 5) is 10.8. The van der Waals surface area contributed by atoms with Gasteiger partial charge in [-0.1, -0.05) is 0 Å². The molecule has 2 aromatic rings. The average molecular weight is 261 g/mol. The highest BCUT2D eigenvalue weighted by Crippen LogP contribution is 2.35. The molecule has 100 valence electrons. The Morgan fingerprint density at radius 1 is 1.05 bits per heavy atom. The third-order valence-corrected chi connectivity index (χ3v) is 3.01. The van der Waals surface area contributed by atoms with Gasteiger partial charge < -0.3 is 14.9 Å². The molecule has 0 saturated carbocycles. The average Bonchev–Trinajstić information content (AvgIpc) is 2.55. The van der Waals surface area contributed by atoms with E-state index in [9.17, 15) is 15.0 Å².